The number of carbonyl (C=O) groups is 2. The number of nitrogens with one attached hydrogen (secondary N) is 1. The van der Waals surface area contributed by atoms with Gasteiger partial charge in [0.1, 0.15) is 5.82 Å². The van der Waals surface area contributed by atoms with Gasteiger partial charge in [-0.1, -0.05) is 30.0 Å². The molecule has 3 N–H and O–H groups in total. The molecule has 0 radical (unpaired) electrons. The van der Waals surface area contributed by atoms with Gasteiger partial charge in [0.15, 0.2) is 5.13 Å². The SMILES string of the molecule is C=CC(=O)N1CCN(c2nc(NCCC(=O)N(C)C)nc3c(C)c(-c4ccc(C)c5sc(N)nc45)c(C)cc23)CC1. The average Bonchev–Trinajstić information content (AvgIpc) is 3.36. The smallest absolute Gasteiger partial charge is 0.246 e. The molecule has 0 atom stereocenters. The highest BCUT2D eigenvalue weighted by atomic mass is 32.1. The van der Waals surface area contributed by atoms with Crippen LogP contribution in [0.4, 0.5) is 16.9 Å². The van der Waals surface area contributed by atoms with Gasteiger partial charge in [-0.3, -0.25) is 9.59 Å². The third-order valence-electron chi connectivity index (χ3n) is 7.62. The van der Waals surface area contributed by atoms with Gasteiger partial charge < -0.3 is 25.8 Å². The number of rotatable bonds is 7. The van der Waals surface area contributed by atoms with E-state index < -0.39 is 0 Å². The molecule has 0 spiro atoms. The zero-order valence-corrected chi connectivity index (χ0v) is 25.1. The Bertz CT molecular complexity index is 1670. The van der Waals surface area contributed by atoms with Gasteiger partial charge in [0.25, 0.3) is 0 Å². The molecule has 2 amide bonds. The van der Waals surface area contributed by atoms with E-state index in [9.17, 15) is 9.59 Å². The normalized spacial score (nSPS) is 13.6. The lowest BCUT2D eigenvalue weighted by molar-refractivity contribution is -0.128. The first-order chi connectivity index (χ1) is 19.6. The molecular weight excluding hydrogens is 536 g/mol. The summed E-state index contributed by atoms with van der Waals surface area (Å²) in [4.78, 5) is 44.5. The van der Waals surface area contributed by atoms with Crippen LogP contribution in [0, 0.1) is 20.8 Å². The summed E-state index contributed by atoms with van der Waals surface area (Å²) in [6, 6.07) is 6.37. The number of carbonyl (C=O) groups excluding carboxylic acids is 2. The highest BCUT2D eigenvalue weighted by Crippen LogP contribution is 2.41. The number of hydrogen-bond donors (Lipinski definition) is 2. The van der Waals surface area contributed by atoms with Crippen molar-refractivity contribution in [3.05, 3.63) is 47.5 Å². The first kappa shape index (κ1) is 28.3. The van der Waals surface area contributed by atoms with Crippen molar-refractivity contribution in [2.75, 3.05) is 62.8 Å². The zero-order valence-electron chi connectivity index (χ0n) is 24.2. The highest BCUT2D eigenvalue weighted by Gasteiger charge is 2.25. The molecule has 0 saturated carbocycles. The Balaban J connectivity index is 1.62. The molecule has 11 heteroatoms. The van der Waals surface area contributed by atoms with Crippen molar-refractivity contribution < 1.29 is 9.59 Å². The van der Waals surface area contributed by atoms with E-state index in [1.54, 1.807) is 23.9 Å². The summed E-state index contributed by atoms with van der Waals surface area (Å²) in [7, 11) is 3.49. The molecular formula is C30H36N8O2S. The number of nitrogens with two attached hydrogens (primary N) is 1. The maximum atomic E-state index is 12.2. The zero-order chi connectivity index (χ0) is 29.4. The van der Waals surface area contributed by atoms with Gasteiger partial charge in [-0.05, 0) is 55.2 Å². The molecule has 0 unspecified atom stereocenters. The maximum absolute atomic E-state index is 12.2. The maximum Gasteiger partial charge on any atom is 0.246 e. The number of thiazole rings is 1. The number of nitrogen functional groups attached to an aromatic ring is 1. The minimum Gasteiger partial charge on any atom is -0.375 e. The van der Waals surface area contributed by atoms with Crippen molar-refractivity contribution in [1.29, 1.82) is 0 Å². The van der Waals surface area contributed by atoms with Crippen molar-refractivity contribution in [3.63, 3.8) is 0 Å². The Labute approximate surface area is 243 Å². The molecule has 1 aliphatic heterocycles. The second-order valence-electron chi connectivity index (χ2n) is 10.6. The third-order valence-corrected chi connectivity index (χ3v) is 8.64. The number of nitrogens with zero attached hydrogens (tertiary/aromatic N) is 6. The quantitative estimate of drug-likeness (QED) is 0.317. The minimum absolute atomic E-state index is 0.0292. The lowest BCUT2D eigenvalue weighted by atomic mass is 9.92. The van der Waals surface area contributed by atoms with Crippen LogP contribution in [0.3, 0.4) is 0 Å². The number of hydrogen-bond acceptors (Lipinski definition) is 9. The van der Waals surface area contributed by atoms with Crippen LogP contribution in [0.2, 0.25) is 0 Å². The van der Waals surface area contributed by atoms with E-state index in [1.807, 2.05) is 0 Å². The topological polar surface area (TPSA) is 121 Å². The van der Waals surface area contributed by atoms with Crippen LogP contribution >= 0.6 is 11.3 Å². The number of benzene rings is 2. The number of piperazine rings is 1. The first-order valence-electron chi connectivity index (χ1n) is 13.7. The fraction of sp³-hybridized carbons (Fsp3) is 0.367. The fourth-order valence-electron chi connectivity index (χ4n) is 5.44. The molecule has 4 aromatic rings. The van der Waals surface area contributed by atoms with E-state index in [1.165, 1.54) is 17.4 Å². The van der Waals surface area contributed by atoms with Crippen LogP contribution < -0.4 is 16.0 Å². The van der Waals surface area contributed by atoms with Gasteiger partial charge in [-0.25, -0.2) is 9.97 Å². The fourth-order valence-corrected chi connectivity index (χ4v) is 6.26. The predicted octanol–water partition coefficient (Wildman–Crippen LogP) is 4.14. The number of fused-ring (bicyclic) bond motifs is 2. The monoisotopic (exact) mass is 572 g/mol. The number of amides is 2. The van der Waals surface area contributed by atoms with Gasteiger partial charge in [0.2, 0.25) is 17.8 Å². The second-order valence-corrected chi connectivity index (χ2v) is 11.6. The van der Waals surface area contributed by atoms with Crippen LogP contribution in [-0.2, 0) is 9.59 Å². The molecule has 3 heterocycles. The Morgan fingerprint density at radius 1 is 1.07 bits per heavy atom. The summed E-state index contributed by atoms with van der Waals surface area (Å²) in [6.45, 7) is 12.7. The Morgan fingerprint density at radius 3 is 2.49 bits per heavy atom. The van der Waals surface area contributed by atoms with Gasteiger partial charge >= 0.3 is 0 Å². The van der Waals surface area contributed by atoms with E-state index in [-0.39, 0.29) is 11.8 Å². The predicted molar refractivity (Wildman–Crippen MR) is 168 cm³/mol. The first-order valence-corrected chi connectivity index (χ1v) is 14.5. The van der Waals surface area contributed by atoms with Crippen molar-refractivity contribution in [3.8, 4) is 11.1 Å². The molecule has 0 bridgehead atoms. The molecule has 10 nitrogen and oxygen atoms in total. The Morgan fingerprint density at radius 2 is 1.80 bits per heavy atom. The van der Waals surface area contributed by atoms with Crippen molar-refractivity contribution in [1.82, 2.24) is 24.8 Å². The number of aromatic nitrogens is 3. The lowest BCUT2D eigenvalue weighted by Crippen LogP contribution is -2.48. The molecule has 41 heavy (non-hydrogen) atoms. The molecule has 214 valence electrons. The standard InChI is InChI=1S/C30H36N8O2S/c1-7-22(39)37-12-14-38(15-13-37)28-21-16-18(3)24(20-9-8-17(2)27-26(20)33-29(31)41-27)19(4)25(21)34-30(35-28)32-11-10-23(40)36(5)6/h7-9,16H,1,10-15H2,2-6H3,(H2,31,33)(H,32,34,35). The van der Waals surface area contributed by atoms with E-state index in [0.29, 0.717) is 50.2 Å². The van der Waals surface area contributed by atoms with E-state index >= 15 is 0 Å². The van der Waals surface area contributed by atoms with Gasteiger partial charge in [-0.2, -0.15) is 4.98 Å². The lowest BCUT2D eigenvalue weighted by Gasteiger charge is -2.35. The number of anilines is 3. The van der Waals surface area contributed by atoms with Crippen LogP contribution in [0.25, 0.3) is 32.2 Å². The molecule has 1 aliphatic rings. The summed E-state index contributed by atoms with van der Waals surface area (Å²) in [5, 5.41) is 4.77. The molecule has 0 aliphatic carbocycles. The van der Waals surface area contributed by atoms with Crippen LogP contribution in [0.1, 0.15) is 23.1 Å². The van der Waals surface area contributed by atoms with Crippen LogP contribution in [0.15, 0.2) is 30.9 Å². The summed E-state index contributed by atoms with van der Waals surface area (Å²) in [6.07, 6.45) is 1.69. The summed E-state index contributed by atoms with van der Waals surface area (Å²) in [5.74, 6) is 1.25. The van der Waals surface area contributed by atoms with E-state index in [4.69, 9.17) is 15.7 Å². The molecule has 2 aromatic carbocycles. The molecule has 2 aromatic heterocycles. The Kier molecular flexibility index (Phi) is 7.81. The van der Waals surface area contributed by atoms with Crippen LogP contribution in [0.5, 0.6) is 0 Å². The largest absolute Gasteiger partial charge is 0.375 e. The molecule has 1 fully saturated rings. The average molecular weight is 573 g/mol. The summed E-state index contributed by atoms with van der Waals surface area (Å²) < 4.78 is 1.09. The minimum atomic E-state index is -0.0615. The van der Waals surface area contributed by atoms with Crippen molar-refractivity contribution in [2.45, 2.75) is 27.2 Å². The third kappa shape index (κ3) is 5.41. The highest BCUT2D eigenvalue weighted by molar-refractivity contribution is 7.22. The molecule has 5 rings (SSSR count). The summed E-state index contributed by atoms with van der Waals surface area (Å²) >= 11 is 1.50. The summed E-state index contributed by atoms with van der Waals surface area (Å²) in [5.41, 5.74) is 13.2. The van der Waals surface area contributed by atoms with Gasteiger partial charge in [-0.15, -0.1) is 0 Å². The number of aryl methyl sites for hydroxylation is 3. The van der Waals surface area contributed by atoms with Crippen LogP contribution in [-0.4, -0.2) is 83.4 Å². The van der Waals surface area contributed by atoms with E-state index in [0.717, 1.165) is 54.8 Å². The van der Waals surface area contributed by atoms with Gasteiger partial charge in [0.05, 0.1) is 15.7 Å². The Hall–Kier alpha value is -4.25. The van der Waals surface area contributed by atoms with Crippen molar-refractivity contribution in [2.24, 2.45) is 0 Å². The van der Waals surface area contributed by atoms with Crippen molar-refractivity contribution >= 4 is 61.2 Å². The second kappa shape index (κ2) is 11.3. The van der Waals surface area contributed by atoms with E-state index in [2.05, 4.69) is 60.7 Å². The molecule has 1 saturated heterocycles. The van der Waals surface area contributed by atoms with Gasteiger partial charge in [0, 0.05) is 64.2 Å².